The van der Waals surface area contributed by atoms with Crippen molar-refractivity contribution in [2.24, 2.45) is 0 Å². The molecule has 1 heterocycles. The molecule has 0 amide bonds. The highest BCUT2D eigenvalue weighted by molar-refractivity contribution is 6.93. The maximum atomic E-state index is 6.47. The maximum Gasteiger partial charge on any atom is 0.183 e. The summed E-state index contributed by atoms with van der Waals surface area (Å²) in [5.74, 6) is 0. The zero-order chi connectivity index (χ0) is 12.5. The zero-order valence-corrected chi connectivity index (χ0v) is 13.5. The molecule has 1 nitrogen and oxygen atoms in total. The van der Waals surface area contributed by atoms with Crippen LogP contribution in [0.5, 0.6) is 0 Å². The van der Waals surface area contributed by atoms with Crippen molar-refractivity contribution in [3.05, 3.63) is 30.3 Å². The highest BCUT2D eigenvalue weighted by atomic mass is 28.4. The topological polar surface area (TPSA) is 9.23 Å². The smallest absolute Gasteiger partial charge is 0.183 e. The van der Waals surface area contributed by atoms with Crippen LogP contribution in [-0.2, 0) is 4.43 Å². The van der Waals surface area contributed by atoms with E-state index in [1.165, 1.54) is 18.9 Å². The van der Waals surface area contributed by atoms with Gasteiger partial charge in [0.1, 0.15) is 8.07 Å². The van der Waals surface area contributed by atoms with Gasteiger partial charge in [0.2, 0.25) is 0 Å². The largest absolute Gasteiger partial charge is 0.417 e. The van der Waals surface area contributed by atoms with E-state index in [9.17, 15) is 0 Å². The minimum atomic E-state index is -1.41. The van der Waals surface area contributed by atoms with Crippen molar-refractivity contribution >= 4 is 21.6 Å². The summed E-state index contributed by atoms with van der Waals surface area (Å²) in [6.07, 6.45) is 2.63. The van der Waals surface area contributed by atoms with E-state index in [2.05, 4.69) is 56.5 Å². The van der Waals surface area contributed by atoms with E-state index in [1.54, 1.807) is 5.19 Å². The predicted octanol–water partition coefficient (Wildman–Crippen LogP) is 3.53. The van der Waals surface area contributed by atoms with E-state index < -0.39 is 16.4 Å². The van der Waals surface area contributed by atoms with Gasteiger partial charge in [-0.1, -0.05) is 54.5 Å². The Morgan fingerprint density at radius 3 is 2.41 bits per heavy atom. The standard InChI is InChI=1S/C14H24OSi2/c1-16(2,3)15-14-11-8-12-17(14,4)13-9-6-5-7-10-13/h5-7,9-10,14H,8,11-12H2,1-4H3. The van der Waals surface area contributed by atoms with Crippen molar-refractivity contribution in [1.82, 2.24) is 0 Å². The van der Waals surface area contributed by atoms with Gasteiger partial charge in [-0.05, 0) is 26.1 Å². The van der Waals surface area contributed by atoms with E-state index in [0.29, 0.717) is 5.73 Å². The Hall–Kier alpha value is -0.386. The van der Waals surface area contributed by atoms with Crippen molar-refractivity contribution in [2.45, 2.75) is 50.8 Å². The number of hydrogen-bond donors (Lipinski definition) is 0. The van der Waals surface area contributed by atoms with Gasteiger partial charge in [0, 0.05) is 5.73 Å². The van der Waals surface area contributed by atoms with Crippen molar-refractivity contribution in [1.29, 1.82) is 0 Å². The Morgan fingerprint density at radius 2 is 1.82 bits per heavy atom. The van der Waals surface area contributed by atoms with Gasteiger partial charge in [0.15, 0.2) is 8.32 Å². The maximum absolute atomic E-state index is 6.47. The molecule has 1 aliphatic heterocycles. The first-order chi connectivity index (χ1) is 7.92. The predicted molar refractivity (Wildman–Crippen MR) is 80.0 cm³/mol. The molecule has 17 heavy (non-hydrogen) atoms. The second kappa shape index (κ2) is 4.71. The van der Waals surface area contributed by atoms with Crippen LogP contribution in [0.15, 0.2) is 30.3 Å². The number of rotatable bonds is 3. The zero-order valence-electron chi connectivity index (χ0n) is 11.5. The second-order valence-corrected chi connectivity index (χ2v) is 15.4. The average molecular weight is 265 g/mol. The molecular weight excluding hydrogens is 240 g/mol. The Kier molecular flexibility index (Phi) is 3.62. The summed E-state index contributed by atoms with van der Waals surface area (Å²) in [6.45, 7) is 9.45. The first-order valence-electron chi connectivity index (χ1n) is 6.65. The lowest BCUT2D eigenvalue weighted by Crippen LogP contribution is -2.55. The van der Waals surface area contributed by atoms with Crippen LogP contribution in [0.3, 0.4) is 0 Å². The lowest BCUT2D eigenvalue weighted by molar-refractivity contribution is 0.263. The molecular formula is C14H24OSi2. The Balaban J connectivity index is 2.24. The molecule has 1 saturated heterocycles. The highest BCUT2D eigenvalue weighted by Gasteiger charge is 2.44. The van der Waals surface area contributed by atoms with Gasteiger partial charge < -0.3 is 4.43 Å². The summed E-state index contributed by atoms with van der Waals surface area (Å²) in [7, 11) is -2.80. The molecule has 0 spiro atoms. The quantitative estimate of drug-likeness (QED) is 0.759. The van der Waals surface area contributed by atoms with E-state index in [0.717, 1.165) is 0 Å². The van der Waals surface area contributed by atoms with E-state index >= 15 is 0 Å². The van der Waals surface area contributed by atoms with Crippen molar-refractivity contribution in [2.75, 3.05) is 0 Å². The summed E-state index contributed by atoms with van der Waals surface area (Å²) < 4.78 is 6.47. The molecule has 0 aliphatic carbocycles. The Labute approximate surface area is 107 Å². The van der Waals surface area contributed by atoms with Crippen molar-refractivity contribution < 1.29 is 4.43 Å². The van der Waals surface area contributed by atoms with Crippen molar-refractivity contribution in [3.63, 3.8) is 0 Å². The molecule has 0 saturated carbocycles. The minimum absolute atomic E-state index is 0.552. The van der Waals surface area contributed by atoms with Gasteiger partial charge in [-0.3, -0.25) is 0 Å². The molecule has 2 unspecified atom stereocenters. The summed E-state index contributed by atoms with van der Waals surface area (Å²) in [5.41, 5.74) is 0.552. The summed E-state index contributed by atoms with van der Waals surface area (Å²) in [5, 5.41) is 1.58. The molecule has 0 aromatic heterocycles. The molecule has 1 aliphatic rings. The Morgan fingerprint density at radius 1 is 1.18 bits per heavy atom. The van der Waals surface area contributed by atoms with Crippen LogP contribution in [0.25, 0.3) is 0 Å². The van der Waals surface area contributed by atoms with Gasteiger partial charge in [-0.25, -0.2) is 0 Å². The van der Waals surface area contributed by atoms with E-state index in [1.807, 2.05) is 0 Å². The number of hydrogen-bond acceptors (Lipinski definition) is 1. The van der Waals surface area contributed by atoms with E-state index in [-0.39, 0.29) is 0 Å². The highest BCUT2D eigenvalue weighted by Crippen LogP contribution is 2.33. The fourth-order valence-electron chi connectivity index (χ4n) is 2.90. The molecule has 0 radical (unpaired) electrons. The van der Waals surface area contributed by atoms with Crippen LogP contribution >= 0.6 is 0 Å². The SMILES string of the molecule is C[Si](C)(C)OC1CCC[Si]1(C)c1ccccc1. The molecule has 1 fully saturated rings. The third kappa shape index (κ3) is 2.90. The second-order valence-electron chi connectivity index (χ2n) is 6.39. The van der Waals surface area contributed by atoms with Gasteiger partial charge in [-0.2, -0.15) is 0 Å². The fourth-order valence-corrected chi connectivity index (χ4v) is 9.69. The molecule has 3 heteroatoms. The monoisotopic (exact) mass is 264 g/mol. The molecule has 1 aromatic carbocycles. The lowest BCUT2D eigenvalue weighted by Gasteiger charge is -2.34. The normalized spacial score (nSPS) is 29.5. The van der Waals surface area contributed by atoms with E-state index in [4.69, 9.17) is 4.43 Å². The van der Waals surface area contributed by atoms with Gasteiger partial charge in [0.25, 0.3) is 0 Å². The summed E-state index contributed by atoms with van der Waals surface area (Å²) in [6, 6.07) is 12.5. The molecule has 2 atom stereocenters. The first-order valence-corrected chi connectivity index (χ1v) is 12.8. The third-order valence-corrected chi connectivity index (χ3v) is 9.90. The average Bonchev–Trinajstić information content (AvgIpc) is 2.61. The van der Waals surface area contributed by atoms with Crippen LogP contribution in [0.1, 0.15) is 12.8 Å². The fraction of sp³-hybridized carbons (Fsp3) is 0.571. The minimum Gasteiger partial charge on any atom is -0.417 e. The first kappa shape index (κ1) is 13.1. The molecule has 2 rings (SSSR count). The van der Waals surface area contributed by atoms with Crippen LogP contribution in [0.2, 0.25) is 32.2 Å². The van der Waals surface area contributed by atoms with Gasteiger partial charge >= 0.3 is 0 Å². The number of benzene rings is 1. The van der Waals surface area contributed by atoms with Crippen LogP contribution in [-0.4, -0.2) is 22.1 Å². The summed E-state index contributed by atoms with van der Waals surface area (Å²) in [4.78, 5) is 0. The van der Waals surface area contributed by atoms with Crippen molar-refractivity contribution in [3.8, 4) is 0 Å². The third-order valence-electron chi connectivity index (χ3n) is 3.80. The molecule has 1 aromatic rings. The Bertz CT molecular complexity index is 372. The van der Waals surface area contributed by atoms with Crippen LogP contribution < -0.4 is 5.19 Å². The molecule has 0 N–H and O–H groups in total. The van der Waals surface area contributed by atoms with Gasteiger partial charge in [-0.15, -0.1) is 0 Å². The van der Waals surface area contributed by atoms with Crippen LogP contribution in [0.4, 0.5) is 0 Å². The van der Waals surface area contributed by atoms with Crippen LogP contribution in [0, 0.1) is 0 Å². The molecule has 0 bridgehead atoms. The molecule has 94 valence electrons. The van der Waals surface area contributed by atoms with Gasteiger partial charge in [0.05, 0.1) is 0 Å². The lowest BCUT2D eigenvalue weighted by atomic mass is 10.4. The summed E-state index contributed by atoms with van der Waals surface area (Å²) >= 11 is 0.